The van der Waals surface area contributed by atoms with Crippen molar-refractivity contribution in [2.75, 3.05) is 6.61 Å². The van der Waals surface area contributed by atoms with Crippen molar-refractivity contribution >= 4 is 5.97 Å². The van der Waals surface area contributed by atoms with Crippen molar-refractivity contribution < 1.29 is 19.0 Å². The van der Waals surface area contributed by atoms with Crippen LogP contribution in [0.25, 0.3) is 0 Å². The summed E-state index contributed by atoms with van der Waals surface area (Å²) >= 11 is 0. The topological polar surface area (TPSA) is 46.5 Å². The fourth-order valence-electron chi connectivity index (χ4n) is 1.40. The van der Waals surface area contributed by atoms with Gasteiger partial charge < -0.3 is 9.84 Å². The highest BCUT2D eigenvalue weighted by Gasteiger charge is 2.31. The Hall–Kier alpha value is -1.58. The van der Waals surface area contributed by atoms with Crippen LogP contribution in [-0.2, 0) is 4.79 Å². The summed E-state index contributed by atoms with van der Waals surface area (Å²) in [6.45, 7) is 5.61. The van der Waals surface area contributed by atoms with E-state index in [2.05, 4.69) is 0 Å². The molecule has 0 bridgehead atoms. The lowest BCUT2D eigenvalue weighted by Crippen LogP contribution is -2.33. The third-order valence-corrected chi connectivity index (χ3v) is 2.57. The Balaban J connectivity index is 2.65. The molecular weight excluding hydrogens is 223 g/mol. The Labute approximate surface area is 100 Å². The molecule has 1 atom stereocenters. The fraction of sp³-hybridized carbons (Fsp3) is 0.462. The lowest BCUT2D eigenvalue weighted by atomic mass is 9.81. The Morgan fingerprint density at radius 3 is 2.29 bits per heavy atom. The lowest BCUT2D eigenvalue weighted by Gasteiger charge is -2.26. The highest BCUT2D eigenvalue weighted by molar-refractivity contribution is 5.71. The number of aliphatic carboxylic acids is 1. The fourth-order valence-corrected chi connectivity index (χ4v) is 1.40. The van der Waals surface area contributed by atoms with Gasteiger partial charge in [0.2, 0.25) is 0 Å². The number of rotatable bonds is 4. The molecule has 0 saturated heterocycles. The largest absolute Gasteiger partial charge is 0.493 e. The van der Waals surface area contributed by atoms with Crippen molar-refractivity contribution in [3.05, 3.63) is 30.1 Å². The van der Waals surface area contributed by atoms with E-state index in [1.165, 1.54) is 24.3 Å². The number of ether oxygens (including phenoxy) is 1. The number of halogens is 1. The van der Waals surface area contributed by atoms with Crippen LogP contribution in [0.5, 0.6) is 5.75 Å². The molecule has 0 aliphatic heterocycles. The minimum absolute atomic E-state index is 0.0739. The number of carboxylic acids is 1. The van der Waals surface area contributed by atoms with E-state index in [-0.39, 0.29) is 17.8 Å². The second kappa shape index (κ2) is 5.17. The van der Waals surface area contributed by atoms with Gasteiger partial charge in [0.1, 0.15) is 18.2 Å². The van der Waals surface area contributed by atoms with E-state index in [0.29, 0.717) is 5.75 Å². The van der Waals surface area contributed by atoms with Gasteiger partial charge in [0.15, 0.2) is 0 Å². The molecule has 0 saturated carbocycles. The van der Waals surface area contributed by atoms with Gasteiger partial charge in [0.25, 0.3) is 0 Å². The summed E-state index contributed by atoms with van der Waals surface area (Å²) in [7, 11) is 0. The van der Waals surface area contributed by atoms with Crippen molar-refractivity contribution in [2.45, 2.75) is 20.8 Å². The molecule has 1 N–H and O–H groups in total. The summed E-state index contributed by atoms with van der Waals surface area (Å²) in [6, 6.07) is 5.53. The zero-order valence-corrected chi connectivity index (χ0v) is 10.2. The van der Waals surface area contributed by atoms with E-state index in [1.54, 1.807) is 0 Å². The first kappa shape index (κ1) is 13.5. The van der Waals surface area contributed by atoms with Crippen LogP contribution in [0.4, 0.5) is 4.39 Å². The average Bonchev–Trinajstić information content (AvgIpc) is 2.18. The number of carboxylic acid groups (broad SMARTS) is 1. The zero-order valence-electron chi connectivity index (χ0n) is 10.2. The van der Waals surface area contributed by atoms with Gasteiger partial charge in [-0.25, -0.2) is 4.39 Å². The minimum Gasteiger partial charge on any atom is -0.493 e. The molecule has 0 heterocycles. The summed E-state index contributed by atoms with van der Waals surface area (Å²) in [5, 5.41) is 9.09. The molecule has 4 heteroatoms. The first-order valence-corrected chi connectivity index (χ1v) is 5.42. The molecule has 1 aromatic carbocycles. The predicted molar refractivity (Wildman–Crippen MR) is 62.5 cm³/mol. The summed E-state index contributed by atoms with van der Waals surface area (Å²) in [5.41, 5.74) is -0.383. The second-order valence-electron chi connectivity index (χ2n) is 5.02. The molecule has 0 aliphatic rings. The van der Waals surface area contributed by atoms with Crippen molar-refractivity contribution in [1.29, 1.82) is 0 Å². The second-order valence-corrected chi connectivity index (χ2v) is 5.02. The number of hydrogen-bond donors (Lipinski definition) is 1. The van der Waals surface area contributed by atoms with Gasteiger partial charge in [-0.2, -0.15) is 0 Å². The summed E-state index contributed by atoms with van der Waals surface area (Å²) in [5.74, 6) is -1.36. The quantitative estimate of drug-likeness (QED) is 0.880. The Morgan fingerprint density at radius 1 is 1.35 bits per heavy atom. The maximum atomic E-state index is 12.7. The molecule has 1 aromatic rings. The molecule has 0 spiro atoms. The molecule has 0 fully saturated rings. The first-order chi connectivity index (χ1) is 7.80. The Kier molecular flexibility index (Phi) is 4.10. The predicted octanol–water partition coefficient (Wildman–Crippen LogP) is 2.95. The van der Waals surface area contributed by atoms with E-state index >= 15 is 0 Å². The van der Waals surface area contributed by atoms with Gasteiger partial charge in [-0.05, 0) is 29.7 Å². The van der Waals surface area contributed by atoms with Crippen molar-refractivity contribution in [1.82, 2.24) is 0 Å². The van der Waals surface area contributed by atoms with Crippen LogP contribution in [0, 0.1) is 17.2 Å². The third-order valence-electron chi connectivity index (χ3n) is 2.57. The lowest BCUT2D eigenvalue weighted by molar-refractivity contribution is -0.146. The summed E-state index contributed by atoms with van der Waals surface area (Å²) < 4.78 is 18.0. The van der Waals surface area contributed by atoms with Crippen LogP contribution in [-0.4, -0.2) is 17.7 Å². The van der Waals surface area contributed by atoms with Crippen LogP contribution in [0.2, 0.25) is 0 Å². The number of hydrogen-bond acceptors (Lipinski definition) is 2. The van der Waals surface area contributed by atoms with E-state index in [1.807, 2.05) is 20.8 Å². The van der Waals surface area contributed by atoms with Crippen LogP contribution in [0.3, 0.4) is 0 Å². The van der Waals surface area contributed by atoms with Crippen molar-refractivity contribution in [3.63, 3.8) is 0 Å². The maximum Gasteiger partial charge on any atom is 0.310 e. The molecular formula is C13H17FO3. The van der Waals surface area contributed by atoms with Gasteiger partial charge in [0.05, 0.1) is 5.92 Å². The zero-order chi connectivity index (χ0) is 13.1. The monoisotopic (exact) mass is 240 g/mol. The highest BCUT2D eigenvalue weighted by Crippen LogP contribution is 2.27. The van der Waals surface area contributed by atoms with E-state index in [9.17, 15) is 9.18 Å². The Bertz CT molecular complexity index is 379. The molecule has 1 rings (SSSR count). The molecule has 94 valence electrons. The molecule has 0 radical (unpaired) electrons. The van der Waals surface area contributed by atoms with Crippen LogP contribution >= 0.6 is 0 Å². The molecule has 0 aromatic heterocycles. The SMILES string of the molecule is CC(C)(C)C(COc1ccc(F)cc1)C(=O)O. The molecule has 0 amide bonds. The highest BCUT2D eigenvalue weighted by atomic mass is 19.1. The minimum atomic E-state index is -0.889. The average molecular weight is 240 g/mol. The molecule has 0 aliphatic carbocycles. The Morgan fingerprint density at radius 2 is 1.88 bits per heavy atom. The van der Waals surface area contributed by atoms with Gasteiger partial charge in [-0.3, -0.25) is 4.79 Å². The van der Waals surface area contributed by atoms with Crippen molar-refractivity contribution in [3.8, 4) is 5.75 Å². The number of carbonyl (C=O) groups is 1. The maximum absolute atomic E-state index is 12.7. The smallest absolute Gasteiger partial charge is 0.310 e. The van der Waals surface area contributed by atoms with Crippen LogP contribution in [0.15, 0.2) is 24.3 Å². The van der Waals surface area contributed by atoms with Crippen LogP contribution < -0.4 is 4.74 Å². The van der Waals surface area contributed by atoms with E-state index in [0.717, 1.165) is 0 Å². The molecule has 17 heavy (non-hydrogen) atoms. The van der Waals surface area contributed by atoms with Crippen molar-refractivity contribution in [2.24, 2.45) is 11.3 Å². The van der Waals surface area contributed by atoms with Gasteiger partial charge in [0, 0.05) is 0 Å². The normalized spacial score (nSPS) is 13.2. The first-order valence-electron chi connectivity index (χ1n) is 5.42. The molecule has 1 unspecified atom stereocenters. The third kappa shape index (κ3) is 4.06. The van der Waals surface area contributed by atoms with Gasteiger partial charge in [-0.1, -0.05) is 20.8 Å². The van der Waals surface area contributed by atoms with Gasteiger partial charge >= 0.3 is 5.97 Å². The van der Waals surface area contributed by atoms with E-state index in [4.69, 9.17) is 9.84 Å². The summed E-state index contributed by atoms with van der Waals surface area (Å²) in [4.78, 5) is 11.1. The van der Waals surface area contributed by atoms with Crippen LogP contribution in [0.1, 0.15) is 20.8 Å². The molecule has 3 nitrogen and oxygen atoms in total. The standard InChI is InChI=1S/C13H17FO3/c1-13(2,3)11(12(15)16)8-17-10-6-4-9(14)5-7-10/h4-7,11H,8H2,1-3H3,(H,15,16). The summed E-state index contributed by atoms with van der Waals surface area (Å²) in [6.07, 6.45) is 0. The van der Waals surface area contributed by atoms with Gasteiger partial charge in [-0.15, -0.1) is 0 Å². The van der Waals surface area contributed by atoms with E-state index < -0.39 is 11.9 Å². The number of benzene rings is 1.